The average Bonchev–Trinajstić information content (AvgIpc) is 2.67. The summed E-state index contributed by atoms with van der Waals surface area (Å²) < 4.78 is 5.13. The van der Waals surface area contributed by atoms with Gasteiger partial charge >= 0.3 is 0 Å². The van der Waals surface area contributed by atoms with Gasteiger partial charge in [0.05, 0.1) is 6.61 Å². The van der Waals surface area contributed by atoms with Gasteiger partial charge in [-0.3, -0.25) is 19.3 Å². The summed E-state index contributed by atoms with van der Waals surface area (Å²) >= 11 is 0. The Morgan fingerprint density at radius 2 is 2.07 bits per heavy atom. The third-order valence-electron chi connectivity index (χ3n) is 5.37. The molecule has 2 aliphatic heterocycles. The molecule has 2 aliphatic rings. The Hall–Kier alpha value is -2.41. The Labute approximate surface area is 159 Å². The van der Waals surface area contributed by atoms with E-state index in [1.165, 1.54) is 0 Å². The van der Waals surface area contributed by atoms with E-state index in [2.05, 4.69) is 5.32 Å². The number of rotatable bonds is 5. The Bertz CT molecular complexity index is 762. The molecule has 0 unspecified atom stereocenters. The standard InChI is InChI=1S/C20H27N3O4/c1-12(2)19(25)23-15-7-5-6-14-17(15)13(10-16(23)18(24)21-3)11-22(20(14)26)8-9-27-4/h5-7,12-13,16H,8-11H2,1-4H3,(H,21,24)/t13-,16-/m0/s1. The number of nitrogens with one attached hydrogen (secondary N) is 1. The summed E-state index contributed by atoms with van der Waals surface area (Å²) in [5, 5.41) is 2.69. The van der Waals surface area contributed by atoms with Crippen LogP contribution in [0.3, 0.4) is 0 Å². The highest BCUT2D eigenvalue weighted by Gasteiger charge is 2.44. The van der Waals surface area contributed by atoms with E-state index < -0.39 is 6.04 Å². The quantitative estimate of drug-likeness (QED) is 0.846. The van der Waals surface area contributed by atoms with Crippen molar-refractivity contribution in [2.45, 2.75) is 32.2 Å². The Morgan fingerprint density at radius 3 is 2.70 bits per heavy atom. The van der Waals surface area contributed by atoms with E-state index in [0.717, 1.165) is 5.56 Å². The minimum Gasteiger partial charge on any atom is -0.383 e. The van der Waals surface area contributed by atoms with Gasteiger partial charge in [0.1, 0.15) is 6.04 Å². The van der Waals surface area contributed by atoms with Crippen LogP contribution in [0, 0.1) is 5.92 Å². The number of carbonyl (C=O) groups is 3. The van der Waals surface area contributed by atoms with E-state index in [9.17, 15) is 14.4 Å². The second-order valence-corrected chi connectivity index (χ2v) is 7.41. The van der Waals surface area contributed by atoms with E-state index >= 15 is 0 Å². The number of likely N-dealkylation sites (N-methyl/N-ethyl adjacent to an activating group) is 1. The van der Waals surface area contributed by atoms with Crippen LogP contribution < -0.4 is 10.2 Å². The van der Waals surface area contributed by atoms with Gasteiger partial charge in [0.2, 0.25) is 11.8 Å². The highest BCUT2D eigenvalue weighted by molar-refractivity contribution is 6.06. The first-order chi connectivity index (χ1) is 12.9. The molecule has 0 bridgehead atoms. The molecule has 2 atom stereocenters. The minimum atomic E-state index is -0.574. The third kappa shape index (κ3) is 3.32. The van der Waals surface area contributed by atoms with Gasteiger partial charge in [-0.2, -0.15) is 0 Å². The molecule has 3 rings (SSSR count). The number of anilines is 1. The third-order valence-corrected chi connectivity index (χ3v) is 5.37. The van der Waals surface area contributed by atoms with Crippen LogP contribution >= 0.6 is 0 Å². The number of carbonyl (C=O) groups excluding carboxylic acids is 3. The first-order valence-electron chi connectivity index (χ1n) is 9.36. The second kappa shape index (κ2) is 7.68. The maximum absolute atomic E-state index is 12.9. The number of ether oxygens (including phenoxy) is 1. The molecule has 0 saturated carbocycles. The molecule has 2 heterocycles. The molecule has 0 fully saturated rings. The molecule has 7 nitrogen and oxygen atoms in total. The highest BCUT2D eigenvalue weighted by atomic mass is 16.5. The van der Waals surface area contributed by atoms with Gasteiger partial charge in [0.15, 0.2) is 0 Å². The highest BCUT2D eigenvalue weighted by Crippen LogP contribution is 2.44. The van der Waals surface area contributed by atoms with Crippen molar-refractivity contribution >= 4 is 23.4 Å². The molecule has 3 amide bonds. The SMILES string of the molecule is CNC(=O)[C@@H]1C[C@H]2CN(CCOC)C(=O)c3cccc(c32)N1C(=O)C(C)C. The van der Waals surface area contributed by atoms with E-state index in [-0.39, 0.29) is 29.6 Å². The maximum Gasteiger partial charge on any atom is 0.254 e. The van der Waals surface area contributed by atoms with Gasteiger partial charge in [-0.25, -0.2) is 0 Å². The molecular weight excluding hydrogens is 346 g/mol. The molecule has 1 aromatic carbocycles. The summed E-state index contributed by atoms with van der Waals surface area (Å²) in [6, 6.07) is 4.87. The topological polar surface area (TPSA) is 79.0 Å². The molecule has 27 heavy (non-hydrogen) atoms. The van der Waals surface area contributed by atoms with Crippen molar-refractivity contribution in [3.05, 3.63) is 29.3 Å². The summed E-state index contributed by atoms with van der Waals surface area (Å²) in [6.07, 6.45) is 0.499. The Balaban J connectivity index is 2.10. The van der Waals surface area contributed by atoms with Crippen molar-refractivity contribution in [3.8, 4) is 0 Å². The van der Waals surface area contributed by atoms with Gasteiger partial charge < -0.3 is 15.0 Å². The largest absolute Gasteiger partial charge is 0.383 e. The first kappa shape index (κ1) is 19.4. The maximum atomic E-state index is 12.9. The van der Waals surface area contributed by atoms with Crippen molar-refractivity contribution in [1.82, 2.24) is 10.2 Å². The smallest absolute Gasteiger partial charge is 0.254 e. The van der Waals surface area contributed by atoms with Gasteiger partial charge in [-0.05, 0) is 24.1 Å². The molecule has 146 valence electrons. The van der Waals surface area contributed by atoms with Crippen LogP contribution in [0.4, 0.5) is 5.69 Å². The summed E-state index contributed by atoms with van der Waals surface area (Å²) in [7, 11) is 3.19. The van der Waals surface area contributed by atoms with Crippen LogP contribution in [0.15, 0.2) is 18.2 Å². The van der Waals surface area contributed by atoms with Gasteiger partial charge in [0, 0.05) is 50.3 Å². The number of hydrogen-bond donors (Lipinski definition) is 1. The lowest BCUT2D eigenvalue weighted by molar-refractivity contribution is -0.128. The van der Waals surface area contributed by atoms with E-state index in [4.69, 9.17) is 4.74 Å². The van der Waals surface area contributed by atoms with Crippen LogP contribution in [-0.4, -0.2) is 62.5 Å². The van der Waals surface area contributed by atoms with Crippen LogP contribution in [-0.2, 0) is 14.3 Å². The average molecular weight is 373 g/mol. The minimum absolute atomic E-state index is 0.0178. The van der Waals surface area contributed by atoms with Crippen molar-refractivity contribution in [1.29, 1.82) is 0 Å². The molecule has 1 N–H and O–H groups in total. The van der Waals surface area contributed by atoms with Crippen LogP contribution in [0.25, 0.3) is 0 Å². The second-order valence-electron chi connectivity index (χ2n) is 7.41. The lowest BCUT2D eigenvalue weighted by Crippen LogP contribution is -2.56. The molecule has 7 heteroatoms. The zero-order valence-electron chi connectivity index (χ0n) is 16.3. The summed E-state index contributed by atoms with van der Waals surface area (Å²) in [6.45, 7) is 5.15. The zero-order valence-corrected chi connectivity index (χ0v) is 16.3. The first-order valence-corrected chi connectivity index (χ1v) is 9.36. The molecule has 1 aromatic rings. The number of nitrogens with zero attached hydrogens (tertiary/aromatic N) is 2. The normalized spacial score (nSPS) is 21.3. The van der Waals surface area contributed by atoms with E-state index in [1.54, 1.807) is 30.0 Å². The van der Waals surface area contributed by atoms with Crippen molar-refractivity contribution < 1.29 is 19.1 Å². The van der Waals surface area contributed by atoms with Crippen molar-refractivity contribution in [3.63, 3.8) is 0 Å². The molecule has 0 aliphatic carbocycles. The van der Waals surface area contributed by atoms with Crippen LogP contribution in [0.1, 0.15) is 42.1 Å². The Kier molecular flexibility index (Phi) is 5.51. The van der Waals surface area contributed by atoms with Gasteiger partial charge in [0.25, 0.3) is 5.91 Å². The number of benzene rings is 1. The molecular formula is C20H27N3O4. The van der Waals surface area contributed by atoms with Gasteiger partial charge in [-0.1, -0.05) is 19.9 Å². The fourth-order valence-electron chi connectivity index (χ4n) is 4.06. The molecule has 0 aromatic heterocycles. The Morgan fingerprint density at radius 1 is 1.33 bits per heavy atom. The number of hydrogen-bond acceptors (Lipinski definition) is 4. The van der Waals surface area contributed by atoms with E-state index in [1.807, 2.05) is 26.0 Å². The fraction of sp³-hybridized carbons (Fsp3) is 0.550. The van der Waals surface area contributed by atoms with E-state index in [0.29, 0.717) is 37.4 Å². The zero-order chi connectivity index (χ0) is 19.7. The van der Waals surface area contributed by atoms with Gasteiger partial charge in [-0.15, -0.1) is 0 Å². The predicted molar refractivity (Wildman–Crippen MR) is 102 cm³/mol. The predicted octanol–water partition coefficient (Wildman–Crippen LogP) is 1.38. The van der Waals surface area contributed by atoms with Crippen molar-refractivity contribution in [2.75, 3.05) is 38.8 Å². The molecule has 0 spiro atoms. The van der Waals surface area contributed by atoms with Crippen molar-refractivity contribution in [2.24, 2.45) is 5.92 Å². The number of amides is 3. The summed E-state index contributed by atoms with van der Waals surface area (Å²) in [5.74, 6) is -0.563. The molecule has 0 saturated heterocycles. The number of methoxy groups -OCH3 is 1. The lowest BCUT2D eigenvalue weighted by Gasteiger charge is -2.45. The van der Waals surface area contributed by atoms with Crippen LogP contribution in [0.5, 0.6) is 0 Å². The lowest BCUT2D eigenvalue weighted by atomic mass is 9.79. The summed E-state index contributed by atoms with van der Waals surface area (Å²) in [5.41, 5.74) is 2.21. The molecule has 0 radical (unpaired) electrons. The fourth-order valence-corrected chi connectivity index (χ4v) is 4.06. The van der Waals surface area contributed by atoms with Crippen LogP contribution in [0.2, 0.25) is 0 Å². The summed E-state index contributed by atoms with van der Waals surface area (Å²) in [4.78, 5) is 41.8. The monoisotopic (exact) mass is 373 g/mol.